The van der Waals surface area contributed by atoms with Crippen LogP contribution in [0.1, 0.15) is 12.0 Å². The second-order valence-electron chi connectivity index (χ2n) is 4.79. The summed E-state index contributed by atoms with van der Waals surface area (Å²) in [5.74, 6) is 4.65. The van der Waals surface area contributed by atoms with Gasteiger partial charge in [0, 0.05) is 5.56 Å². The third-order valence-corrected chi connectivity index (χ3v) is 5.26. The summed E-state index contributed by atoms with van der Waals surface area (Å²) in [6.07, 6.45) is 0.346. The second-order valence-corrected chi connectivity index (χ2v) is 7.43. The Balaban J connectivity index is 2.14. The molecule has 0 bridgehead atoms. The van der Waals surface area contributed by atoms with Crippen LogP contribution in [0.15, 0.2) is 18.2 Å². The van der Waals surface area contributed by atoms with Gasteiger partial charge in [-0.1, -0.05) is 23.4 Å². The molecule has 21 heavy (non-hydrogen) atoms. The van der Waals surface area contributed by atoms with Crippen LogP contribution in [-0.2, 0) is 14.6 Å². The molecule has 0 spiro atoms. The minimum absolute atomic E-state index is 0.0564. The Morgan fingerprint density at radius 3 is 2.86 bits per heavy atom. The molecular weight excluding hydrogens is 312 g/mol. The number of anilines is 1. The molecule has 1 amide bonds. The Morgan fingerprint density at radius 1 is 1.48 bits per heavy atom. The first-order valence-corrected chi connectivity index (χ1v) is 8.61. The van der Waals surface area contributed by atoms with Crippen molar-refractivity contribution in [2.75, 3.05) is 23.4 Å². The molecule has 1 aromatic rings. The van der Waals surface area contributed by atoms with Crippen molar-refractivity contribution in [1.29, 1.82) is 0 Å². The van der Waals surface area contributed by atoms with E-state index in [0.29, 0.717) is 22.7 Å². The fourth-order valence-electron chi connectivity index (χ4n) is 2.09. The number of hydrogen-bond donors (Lipinski definition) is 2. The highest BCUT2D eigenvalue weighted by Crippen LogP contribution is 2.25. The number of sulfone groups is 1. The van der Waals surface area contributed by atoms with E-state index in [1.165, 1.54) is 0 Å². The van der Waals surface area contributed by atoms with E-state index in [9.17, 15) is 13.2 Å². The van der Waals surface area contributed by atoms with Gasteiger partial charge in [0.1, 0.15) is 0 Å². The molecule has 112 valence electrons. The number of hydrogen-bond acceptors (Lipinski definition) is 4. The molecule has 1 heterocycles. The van der Waals surface area contributed by atoms with Crippen LogP contribution >= 0.6 is 11.6 Å². The SMILES string of the molecule is NCC#Cc1ccc(Cl)c(NC(=O)C2CCS(=O)(=O)C2)c1. The van der Waals surface area contributed by atoms with Gasteiger partial charge in [-0.3, -0.25) is 4.79 Å². The zero-order valence-electron chi connectivity index (χ0n) is 11.2. The molecule has 2 rings (SSSR count). The molecule has 0 aromatic heterocycles. The number of carbonyl (C=O) groups is 1. The minimum atomic E-state index is -3.09. The van der Waals surface area contributed by atoms with Crippen molar-refractivity contribution in [1.82, 2.24) is 0 Å². The fourth-order valence-corrected chi connectivity index (χ4v) is 3.99. The van der Waals surface area contributed by atoms with Crippen LogP contribution in [0.5, 0.6) is 0 Å². The number of rotatable bonds is 2. The van der Waals surface area contributed by atoms with Crippen LogP contribution in [0.2, 0.25) is 5.02 Å². The average Bonchev–Trinajstić information content (AvgIpc) is 2.80. The molecule has 1 saturated heterocycles. The van der Waals surface area contributed by atoms with Crippen molar-refractivity contribution in [2.45, 2.75) is 6.42 Å². The summed E-state index contributed by atoms with van der Waals surface area (Å²) in [6.45, 7) is 0.240. The van der Waals surface area contributed by atoms with Gasteiger partial charge < -0.3 is 11.1 Å². The van der Waals surface area contributed by atoms with Crippen molar-refractivity contribution >= 4 is 33.0 Å². The maximum Gasteiger partial charge on any atom is 0.228 e. The predicted molar refractivity (Wildman–Crippen MR) is 82.8 cm³/mol. The van der Waals surface area contributed by atoms with Gasteiger partial charge >= 0.3 is 0 Å². The Hall–Kier alpha value is -1.55. The lowest BCUT2D eigenvalue weighted by atomic mass is 10.1. The third-order valence-electron chi connectivity index (χ3n) is 3.16. The molecule has 1 atom stereocenters. The van der Waals surface area contributed by atoms with Crippen molar-refractivity contribution in [3.63, 3.8) is 0 Å². The molecule has 0 saturated carbocycles. The molecule has 5 nitrogen and oxygen atoms in total. The number of halogens is 1. The summed E-state index contributed by atoms with van der Waals surface area (Å²) in [5, 5.41) is 3.05. The van der Waals surface area contributed by atoms with E-state index >= 15 is 0 Å². The summed E-state index contributed by atoms with van der Waals surface area (Å²) in [5.41, 5.74) is 6.41. The van der Waals surface area contributed by atoms with Gasteiger partial charge in [0.15, 0.2) is 9.84 Å². The highest BCUT2D eigenvalue weighted by Gasteiger charge is 2.33. The van der Waals surface area contributed by atoms with Gasteiger partial charge in [0.05, 0.1) is 34.7 Å². The monoisotopic (exact) mass is 326 g/mol. The zero-order valence-corrected chi connectivity index (χ0v) is 12.8. The van der Waals surface area contributed by atoms with Crippen LogP contribution in [0.4, 0.5) is 5.69 Å². The molecule has 1 aliphatic rings. The Bertz CT molecular complexity index is 719. The van der Waals surface area contributed by atoms with E-state index < -0.39 is 15.8 Å². The summed E-state index contributed by atoms with van der Waals surface area (Å²) < 4.78 is 22.8. The second kappa shape index (κ2) is 6.48. The predicted octanol–water partition coefficient (Wildman–Crippen LogP) is 1.02. The van der Waals surface area contributed by atoms with Gasteiger partial charge in [0.2, 0.25) is 5.91 Å². The van der Waals surface area contributed by atoms with E-state index in [-0.39, 0.29) is 24.0 Å². The first-order chi connectivity index (χ1) is 9.91. The van der Waals surface area contributed by atoms with Crippen molar-refractivity contribution < 1.29 is 13.2 Å². The van der Waals surface area contributed by atoms with Crippen molar-refractivity contribution in [2.24, 2.45) is 11.7 Å². The third kappa shape index (κ3) is 4.21. The Labute approximate surface area is 128 Å². The number of benzene rings is 1. The lowest BCUT2D eigenvalue weighted by molar-refractivity contribution is -0.119. The standard InChI is InChI=1S/C14H15ClN2O3S/c15-12-4-3-10(2-1-6-16)8-13(12)17-14(18)11-5-7-21(19,20)9-11/h3-4,8,11H,5-7,9,16H2,(H,17,18). The number of nitrogens with two attached hydrogens (primary N) is 1. The van der Waals surface area contributed by atoms with Gasteiger partial charge in [-0.15, -0.1) is 0 Å². The number of carbonyl (C=O) groups excluding carboxylic acids is 1. The molecular formula is C14H15ClN2O3S. The first-order valence-electron chi connectivity index (χ1n) is 6.41. The topological polar surface area (TPSA) is 89.3 Å². The van der Waals surface area contributed by atoms with Crippen LogP contribution in [-0.4, -0.2) is 32.4 Å². The van der Waals surface area contributed by atoms with E-state index in [4.69, 9.17) is 17.3 Å². The number of amides is 1. The largest absolute Gasteiger partial charge is 0.324 e. The normalized spacial score (nSPS) is 19.6. The highest BCUT2D eigenvalue weighted by molar-refractivity contribution is 7.91. The molecule has 7 heteroatoms. The first kappa shape index (κ1) is 15.8. The van der Waals surface area contributed by atoms with Crippen LogP contribution < -0.4 is 11.1 Å². The van der Waals surface area contributed by atoms with Gasteiger partial charge in [-0.25, -0.2) is 8.42 Å². The minimum Gasteiger partial charge on any atom is -0.324 e. The van der Waals surface area contributed by atoms with E-state index in [2.05, 4.69) is 17.2 Å². The lowest BCUT2D eigenvalue weighted by Gasteiger charge is -2.11. The van der Waals surface area contributed by atoms with Crippen LogP contribution in [0.25, 0.3) is 0 Å². The van der Waals surface area contributed by atoms with Gasteiger partial charge in [0.25, 0.3) is 0 Å². The fraction of sp³-hybridized carbons (Fsp3) is 0.357. The van der Waals surface area contributed by atoms with Gasteiger partial charge in [-0.2, -0.15) is 0 Å². The maximum absolute atomic E-state index is 12.1. The van der Waals surface area contributed by atoms with Crippen LogP contribution in [0, 0.1) is 17.8 Å². The molecule has 1 aromatic carbocycles. The summed E-state index contributed by atoms with van der Waals surface area (Å²) in [4.78, 5) is 12.1. The lowest BCUT2D eigenvalue weighted by Crippen LogP contribution is -2.23. The summed E-state index contributed by atoms with van der Waals surface area (Å²) in [6, 6.07) is 5.00. The van der Waals surface area contributed by atoms with E-state index in [1.807, 2.05) is 0 Å². The number of nitrogens with one attached hydrogen (secondary N) is 1. The molecule has 3 N–H and O–H groups in total. The average molecular weight is 327 g/mol. The summed E-state index contributed by atoms with van der Waals surface area (Å²) in [7, 11) is -3.09. The molecule has 1 unspecified atom stereocenters. The molecule has 1 aliphatic heterocycles. The van der Waals surface area contributed by atoms with E-state index in [0.717, 1.165) is 0 Å². The Morgan fingerprint density at radius 2 is 2.24 bits per heavy atom. The van der Waals surface area contributed by atoms with E-state index in [1.54, 1.807) is 18.2 Å². The highest BCUT2D eigenvalue weighted by atomic mass is 35.5. The smallest absolute Gasteiger partial charge is 0.228 e. The van der Waals surface area contributed by atoms with Crippen molar-refractivity contribution in [3.8, 4) is 11.8 Å². The molecule has 0 radical (unpaired) electrons. The van der Waals surface area contributed by atoms with Crippen molar-refractivity contribution in [3.05, 3.63) is 28.8 Å². The maximum atomic E-state index is 12.1. The Kier molecular flexibility index (Phi) is 4.88. The van der Waals surface area contributed by atoms with Gasteiger partial charge in [-0.05, 0) is 24.6 Å². The molecule has 1 fully saturated rings. The quantitative estimate of drug-likeness (QED) is 0.794. The zero-order chi connectivity index (χ0) is 15.5. The molecule has 0 aliphatic carbocycles. The summed E-state index contributed by atoms with van der Waals surface area (Å²) >= 11 is 6.03. The van der Waals surface area contributed by atoms with Crippen LogP contribution in [0.3, 0.4) is 0 Å².